The number of pyridine rings is 1. The minimum absolute atomic E-state index is 0.0556. The van der Waals surface area contributed by atoms with E-state index in [2.05, 4.69) is 25.8 Å². The largest absolute Gasteiger partial charge is 0.480 e. The molecule has 41 heavy (non-hydrogen) atoms. The van der Waals surface area contributed by atoms with Crippen molar-refractivity contribution in [3.05, 3.63) is 60.4 Å². The van der Waals surface area contributed by atoms with Crippen molar-refractivity contribution in [1.29, 1.82) is 0 Å². The highest BCUT2D eigenvalue weighted by atomic mass is 19.1. The van der Waals surface area contributed by atoms with Crippen molar-refractivity contribution in [2.24, 2.45) is 5.16 Å². The van der Waals surface area contributed by atoms with Crippen molar-refractivity contribution < 1.29 is 33.5 Å². The fraction of sp³-hybridized carbons (Fsp3) is 0.346. The van der Waals surface area contributed by atoms with Gasteiger partial charge in [-0.3, -0.25) is 24.4 Å². The Morgan fingerprint density at radius 2 is 2.07 bits per heavy atom. The number of hydrogen-bond acceptors (Lipinski definition) is 10. The van der Waals surface area contributed by atoms with Gasteiger partial charge in [-0.05, 0) is 31.3 Å². The molecule has 0 saturated carbocycles. The van der Waals surface area contributed by atoms with Crippen molar-refractivity contribution >= 4 is 29.4 Å². The summed E-state index contributed by atoms with van der Waals surface area (Å²) in [6, 6.07) is 7.95. The summed E-state index contributed by atoms with van der Waals surface area (Å²) in [7, 11) is 1.54. The molecule has 1 saturated heterocycles. The third-order valence-corrected chi connectivity index (χ3v) is 6.45. The van der Waals surface area contributed by atoms with E-state index in [-0.39, 0.29) is 32.1 Å². The van der Waals surface area contributed by atoms with Gasteiger partial charge in [-0.2, -0.15) is 0 Å². The van der Waals surface area contributed by atoms with Crippen LogP contribution in [-0.2, 0) is 25.7 Å². The molecule has 2 aliphatic heterocycles. The Balaban J connectivity index is 1.15. The van der Waals surface area contributed by atoms with Gasteiger partial charge in [0.25, 0.3) is 0 Å². The number of halogens is 1. The Morgan fingerprint density at radius 3 is 2.78 bits per heavy atom. The van der Waals surface area contributed by atoms with Crippen LogP contribution in [0.15, 0.2) is 54.1 Å². The van der Waals surface area contributed by atoms with E-state index < -0.39 is 30.1 Å². The van der Waals surface area contributed by atoms with Crippen molar-refractivity contribution in [1.82, 2.24) is 30.2 Å². The number of aliphatic carboxylic acids is 1. The maximum Gasteiger partial charge on any atom is 0.414 e. The molecule has 2 aromatic heterocycles. The van der Waals surface area contributed by atoms with Crippen molar-refractivity contribution in [3.8, 4) is 11.1 Å². The highest BCUT2D eigenvalue weighted by molar-refractivity contribution is 6.00. The smallest absolute Gasteiger partial charge is 0.414 e. The van der Waals surface area contributed by atoms with E-state index in [0.29, 0.717) is 41.2 Å². The Bertz CT molecular complexity index is 1450. The fourth-order valence-electron chi connectivity index (χ4n) is 4.50. The van der Waals surface area contributed by atoms with Crippen LogP contribution in [0.1, 0.15) is 12.1 Å². The predicted octanol–water partition coefficient (Wildman–Crippen LogP) is 1.13. The maximum atomic E-state index is 15.1. The number of aromatic nitrogens is 4. The first kappa shape index (κ1) is 27.6. The normalized spacial score (nSPS) is 18.3. The van der Waals surface area contributed by atoms with Gasteiger partial charge >= 0.3 is 12.1 Å². The SMILES string of the molecule is CN(CC(=O)O)CC(=O)NC[C@@H]1CC(c2ccc(-c3ccc(N4C[C@H](Cn5ccnn5)OC4=O)cc3F)cn2)=NO1. The van der Waals surface area contributed by atoms with Crippen molar-refractivity contribution in [2.45, 2.75) is 25.2 Å². The van der Waals surface area contributed by atoms with Gasteiger partial charge in [0.15, 0.2) is 6.10 Å². The Morgan fingerprint density at radius 1 is 1.22 bits per heavy atom. The molecule has 1 fully saturated rings. The predicted molar refractivity (Wildman–Crippen MR) is 141 cm³/mol. The Kier molecular flexibility index (Phi) is 8.14. The van der Waals surface area contributed by atoms with E-state index >= 15 is 4.39 Å². The molecular weight excluding hydrogens is 539 g/mol. The molecule has 15 heteroatoms. The second-order valence-corrected chi connectivity index (χ2v) is 9.68. The van der Waals surface area contributed by atoms with Gasteiger partial charge in [-0.25, -0.2) is 13.9 Å². The van der Waals surface area contributed by atoms with Gasteiger partial charge in [0, 0.05) is 29.9 Å². The molecule has 2 N–H and O–H groups in total. The van der Waals surface area contributed by atoms with E-state index in [0.717, 1.165) is 0 Å². The number of carbonyl (C=O) groups excluding carboxylic acids is 2. The number of amides is 2. The van der Waals surface area contributed by atoms with Crippen molar-refractivity contribution in [2.75, 3.05) is 38.1 Å². The number of ether oxygens (including phenoxy) is 1. The monoisotopic (exact) mass is 566 g/mol. The molecule has 0 spiro atoms. The first-order chi connectivity index (χ1) is 19.7. The van der Waals surface area contributed by atoms with Gasteiger partial charge in [0.1, 0.15) is 17.6 Å². The lowest BCUT2D eigenvalue weighted by Crippen LogP contribution is -2.40. The Labute approximate surface area is 233 Å². The van der Waals surface area contributed by atoms with E-state index in [9.17, 15) is 14.4 Å². The molecule has 2 aliphatic rings. The van der Waals surface area contributed by atoms with Crippen LogP contribution in [0.3, 0.4) is 0 Å². The van der Waals surface area contributed by atoms with Gasteiger partial charge in [-0.15, -0.1) is 5.10 Å². The van der Waals surface area contributed by atoms with E-state index in [4.69, 9.17) is 14.7 Å². The zero-order valence-electron chi connectivity index (χ0n) is 22.0. The molecule has 3 aromatic rings. The second kappa shape index (κ2) is 12.1. The van der Waals surface area contributed by atoms with Crippen LogP contribution in [-0.4, -0.2) is 99.1 Å². The highest BCUT2D eigenvalue weighted by Gasteiger charge is 2.33. The fourth-order valence-corrected chi connectivity index (χ4v) is 4.50. The standard InChI is InChI=1S/C26H27FN8O6/c1-33(15-25(37)38)14-24(36)29-11-18-9-23(31-41-18)22-5-2-16(10-28-22)20-4-3-17(8-21(20)27)35-13-19(40-26(35)39)12-34-7-6-30-32-34/h2-8,10,18-19H,9,11-15H2,1H3,(H,29,36)(H,37,38)/t18-,19-/m0/s1. The molecule has 4 heterocycles. The lowest BCUT2D eigenvalue weighted by atomic mass is 10.0. The number of hydrogen-bond donors (Lipinski definition) is 2. The number of cyclic esters (lactones) is 1. The maximum absolute atomic E-state index is 15.1. The minimum atomic E-state index is -1.02. The summed E-state index contributed by atoms with van der Waals surface area (Å²) in [6.45, 7) is 0.507. The molecule has 0 bridgehead atoms. The van der Waals surface area contributed by atoms with E-state index in [1.54, 1.807) is 35.1 Å². The topological polar surface area (TPSA) is 164 Å². The van der Waals surface area contributed by atoms with E-state index in [1.807, 2.05) is 0 Å². The first-order valence-corrected chi connectivity index (χ1v) is 12.7. The number of carbonyl (C=O) groups is 3. The molecule has 2 amide bonds. The lowest BCUT2D eigenvalue weighted by Gasteiger charge is -2.15. The molecular formula is C26H27FN8O6. The summed E-state index contributed by atoms with van der Waals surface area (Å²) < 4.78 is 22.1. The number of rotatable bonds is 11. The molecule has 0 aliphatic carbocycles. The first-order valence-electron chi connectivity index (χ1n) is 12.7. The highest BCUT2D eigenvalue weighted by Crippen LogP contribution is 2.29. The van der Waals surface area contributed by atoms with Crippen LogP contribution in [0.25, 0.3) is 11.1 Å². The zero-order chi connectivity index (χ0) is 28.9. The molecule has 214 valence electrons. The third kappa shape index (κ3) is 6.81. The summed E-state index contributed by atoms with van der Waals surface area (Å²) in [5, 5.41) is 23.1. The molecule has 2 atom stereocenters. The van der Waals surface area contributed by atoms with Gasteiger partial charge in [0.2, 0.25) is 5.91 Å². The Hall–Kier alpha value is -4.92. The molecule has 5 rings (SSSR count). The van der Waals surface area contributed by atoms with Crippen LogP contribution < -0.4 is 10.2 Å². The van der Waals surface area contributed by atoms with Crippen LogP contribution >= 0.6 is 0 Å². The lowest BCUT2D eigenvalue weighted by molar-refractivity contribution is -0.138. The molecule has 0 radical (unpaired) electrons. The summed E-state index contributed by atoms with van der Waals surface area (Å²) in [6.07, 6.45) is 3.75. The minimum Gasteiger partial charge on any atom is -0.480 e. The average molecular weight is 567 g/mol. The average Bonchev–Trinajstić information content (AvgIpc) is 3.69. The van der Waals surface area contributed by atoms with Crippen molar-refractivity contribution in [3.63, 3.8) is 0 Å². The van der Waals surface area contributed by atoms with Crippen LogP contribution in [0.4, 0.5) is 14.9 Å². The third-order valence-electron chi connectivity index (χ3n) is 6.45. The summed E-state index contributed by atoms with van der Waals surface area (Å²) in [5.41, 5.74) is 2.38. The number of anilines is 1. The van der Waals surface area contributed by atoms with Gasteiger partial charge < -0.3 is 20.0 Å². The van der Waals surface area contributed by atoms with Gasteiger partial charge in [-0.1, -0.05) is 16.4 Å². The number of likely N-dealkylation sites (N-methyl/N-ethyl adjacent to an activating group) is 1. The summed E-state index contributed by atoms with van der Waals surface area (Å²) >= 11 is 0. The number of nitrogens with zero attached hydrogens (tertiary/aromatic N) is 7. The number of carboxylic acid groups (broad SMARTS) is 1. The number of nitrogens with one attached hydrogen (secondary N) is 1. The second-order valence-electron chi connectivity index (χ2n) is 9.68. The van der Waals surface area contributed by atoms with Crippen LogP contribution in [0, 0.1) is 5.82 Å². The van der Waals surface area contributed by atoms with Crippen LogP contribution in [0.2, 0.25) is 0 Å². The molecule has 1 aromatic carbocycles. The quantitative estimate of drug-likeness (QED) is 0.344. The summed E-state index contributed by atoms with van der Waals surface area (Å²) in [5.74, 6) is -1.86. The molecule has 0 unspecified atom stereocenters. The summed E-state index contributed by atoms with van der Waals surface area (Å²) in [4.78, 5) is 47.7. The van der Waals surface area contributed by atoms with Gasteiger partial charge in [0.05, 0.1) is 50.3 Å². The number of benzene rings is 1. The number of carboxylic acids is 1. The molecule has 14 nitrogen and oxygen atoms in total. The number of oxime groups is 1. The van der Waals surface area contributed by atoms with E-state index in [1.165, 1.54) is 35.3 Å². The van der Waals surface area contributed by atoms with Crippen LogP contribution in [0.5, 0.6) is 0 Å². The zero-order valence-corrected chi connectivity index (χ0v) is 22.0.